The highest BCUT2D eigenvalue weighted by molar-refractivity contribution is 5.91. The number of nitrogens with one attached hydrogen (secondary N) is 1. The molecule has 4 nitrogen and oxygen atoms in total. The summed E-state index contributed by atoms with van der Waals surface area (Å²) in [6.07, 6.45) is 3.00. The minimum Gasteiger partial charge on any atom is -0.462 e. The number of anilines is 1. The number of hydrogen-bond donors (Lipinski definition) is 1. The standard InChI is InChI=1S/C15H19NO3/c17-15(19-10-11-4-7-18-8-5-11)13-2-1-12-3-6-16-14(12)9-13/h1-2,9,11,16H,3-8,10H2. The molecule has 0 spiro atoms. The summed E-state index contributed by atoms with van der Waals surface area (Å²) in [5.41, 5.74) is 2.99. The molecule has 0 saturated carbocycles. The minimum atomic E-state index is -0.219. The van der Waals surface area contributed by atoms with E-state index >= 15 is 0 Å². The van der Waals surface area contributed by atoms with Crippen LogP contribution in [-0.2, 0) is 15.9 Å². The van der Waals surface area contributed by atoms with Crippen LogP contribution in [0.3, 0.4) is 0 Å². The van der Waals surface area contributed by atoms with Gasteiger partial charge in [0.25, 0.3) is 0 Å². The van der Waals surface area contributed by atoms with E-state index in [0.717, 1.165) is 44.7 Å². The molecular formula is C15H19NO3. The van der Waals surface area contributed by atoms with Crippen LogP contribution in [0.15, 0.2) is 18.2 Å². The van der Waals surface area contributed by atoms with Crippen LogP contribution in [0, 0.1) is 5.92 Å². The Morgan fingerprint density at radius 3 is 3.05 bits per heavy atom. The Bertz CT molecular complexity index is 466. The lowest BCUT2D eigenvalue weighted by Crippen LogP contribution is -2.21. The zero-order chi connectivity index (χ0) is 13.1. The monoisotopic (exact) mass is 261 g/mol. The van der Waals surface area contributed by atoms with Crippen molar-refractivity contribution < 1.29 is 14.3 Å². The van der Waals surface area contributed by atoms with Gasteiger partial charge in [-0.15, -0.1) is 0 Å². The molecule has 0 amide bonds. The lowest BCUT2D eigenvalue weighted by atomic mass is 10.0. The van der Waals surface area contributed by atoms with Gasteiger partial charge >= 0.3 is 5.97 Å². The van der Waals surface area contributed by atoms with E-state index < -0.39 is 0 Å². The first-order valence-corrected chi connectivity index (χ1v) is 6.94. The maximum atomic E-state index is 12.0. The number of esters is 1. The molecule has 0 unspecified atom stereocenters. The topological polar surface area (TPSA) is 47.6 Å². The molecule has 2 aliphatic rings. The average molecular weight is 261 g/mol. The lowest BCUT2D eigenvalue weighted by Gasteiger charge is -2.21. The number of fused-ring (bicyclic) bond motifs is 1. The van der Waals surface area contributed by atoms with E-state index in [1.165, 1.54) is 5.56 Å². The Morgan fingerprint density at radius 2 is 2.21 bits per heavy atom. The number of hydrogen-bond acceptors (Lipinski definition) is 4. The summed E-state index contributed by atoms with van der Waals surface area (Å²) in [4.78, 5) is 12.0. The summed E-state index contributed by atoms with van der Waals surface area (Å²) in [5.74, 6) is 0.230. The Kier molecular flexibility index (Phi) is 3.69. The molecule has 1 aromatic rings. The van der Waals surface area contributed by atoms with E-state index in [4.69, 9.17) is 9.47 Å². The fourth-order valence-corrected chi connectivity index (χ4v) is 2.61. The molecule has 1 aromatic carbocycles. The van der Waals surface area contributed by atoms with E-state index in [9.17, 15) is 4.79 Å². The highest BCUT2D eigenvalue weighted by Gasteiger charge is 2.18. The molecule has 19 heavy (non-hydrogen) atoms. The third kappa shape index (κ3) is 2.89. The van der Waals surface area contributed by atoms with E-state index in [2.05, 4.69) is 5.32 Å². The molecule has 4 heteroatoms. The van der Waals surface area contributed by atoms with Crippen LogP contribution in [0.2, 0.25) is 0 Å². The predicted octanol–water partition coefficient (Wildman–Crippen LogP) is 2.24. The van der Waals surface area contributed by atoms with Crippen molar-refractivity contribution in [3.05, 3.63) is 29.3 Å². The number of rotatable bonds is 3. The van der Waals surface area contributed by atoms with Gasteiger partial charge in [0, 0.05) is 25.4 Å². The van der Waals surface area contributed by atoms with Crippen LogP contribution in [0.4, 0.5) is 5.69 Å². The lowest BCUT2D eigenvalue weighted by molar-refractivity contribution is 0.0185. The van der Waals surface area contributed by atoms with Gasteiger partial charge in [-0.25, -0.2) is 4.79 Å². The van der Waals surface area contributed by atoms with Crippen molar-refractivity contribution >= 4 is 11.7 Å². The third-order valence-corrected chi connectivity index (χ3v) is 3.85. The molecule has 1 N–H and O–H groups in total. The summed E-state index contributed by atoms with van der Waals surface area (Å²) in [6.45, 7) is 3.03. The van der Waals surface area contributed by atoms with Crippen LogP contribution in [0.5, 0.6) is 0 Å². The van der Waals surface area contributed by atoms with Crippen molar-refractivity contribution in [1.82, 2.24) is 0 Å². The molecule has 2 heterocycles. The minimum absolute atomic E-state index is 0.219. The highest BCUT2D eigenvalue weighted by Crippen LogP contribution is 2.24. The molecule has 0 bridgehead atoms. The molecule has 0 radical (unpaired) electrons. The summed E-state index contributed by atoms with van der Waals surface area (Å²) in [6, 6.07) is 5.77. The first-order valence-electron chi connectivity index (χ1n) is 6.94. The molecule has 0 aliphatic carbocycles. The quantitative estimate of drug-likeness (QED) is 0.848. The van der Waals surface area contributed by atoms with Gasteiger partial charge in [0.15, 0.2) is 0 Å². The van der Waals surface area contributed by atoms with Crippen molar-refractivity contribution in [1.29, 1.82) is 0 Å². The third-order valence-electron chi connectivity index (χ3n) is 3.85. The van der Waals surface area contributed by atoms with Crippen molar-refractivity contribution in [2.24, 2.45) is 5.92 Å². The Hall–Kier alpha value is -1.55. The zero-order valence-electron chi connectivity index (χ0n) is 11.0. The summed E-state index contributed by atoms with van der Waals surface area (Å²) >= 11 is 0. The number of carbonyl (C=O) groups excluding carboxylic acids is 1. The van der Waals surface area contributed by atoms with Gasteiger partial charge in [0.1, 0.15) is 0 Å². The maximum absolute atomic E-state index is 12.0. The van der Waals surface area contributed by atoms with Crippen LogP contribution in [0.1, 0.15) is 28.8 Å². The van der Waals surface area contributed by atoms with Gasteiger partial charge in [-0.1, -0.05) is 6.07 Å². The summed E-state index contributed by atoms with van der Waals surface area (Å²) in [5, 5.41) is 3.28. The average Bonchev–Trinajstić information content (AvgIpc) is 2.93. The first-order chi connectivity index (χ1) is 9.33. The van der Waals surface area contributed by atoms with Gasteiger partial charge < -0.3 is 14.8 Å². The van der Waals surface area contributed by atoms with Gasteiger partial charge in [-0.3, -0.25) is 0 Å². The maximum Gasteiger partial charge on any atom is 0.338 e. The molecule has 1 fully saturated rings. The molecule has 1 saturated heterocycles. The fraction of sp³-hybridized carbons (Fsp3) is 0.533. The Labute approximate surface area is 113 Å². The Morgan fingerprint density at radius 1 is 1.37 bits per heavy atom. The first kappa shape index (κ1) is 12.5. The molecule has 102 valence electrons. The van der Waals surface area contributed by atoms with Crippen LogP contribution >= 0.6 is 0 Å². The largest absolute Gasteiger partial charge is 0.462 e. The zero-order valence-corrected chi connectivity index (χ0v) is 11.0. The van der Waals surface area contributed by atoms with Gasteiger partial charge in [0.05, 0.1) is 12.2 Å². The van der Waals surface area contributed by atoms with Crippen molar-refractivity contribution in [2.75, 3.05) is 31.7 Å². The molecule has 0 atom stereocenters. The molecule has 0 aromatic heterocycles. The SMILES string of the molecule is O=C(OCC1CCOCC1)c1ccc2c(c1)NCC2. The highest BCUT2D eigenvalue weighted by atomic mass is 16.5. The smallest absolute Gasteiger partial charge is 0.338 e. The van der Waals surface area contributed by atoms with Crippen molar-refractivity contribution in [3.8, 4) is 0 Å². The second kappa shape index (κ2) is 5.61. The van der Waals surface area contributed by atoms with E-state index in [1.807, 2.05) is 18.2 Å². The van der Waals surface area contributed by atoms with E-state index in [0.29, 0.717) is 18.1 Å². The normalized spacial score (nSPS) is 18.7. The Balaban J connectivity index is 1.57. The number of ether oxygens (including phenoxy) is 2. The van der Waals surface area contributed by atoms with Gasteiger partial charge in [-0.05, 0) is 42.9 Å². The van der Waals surface area contributed by atoms with Gasteiger partial charge in [0.2, 0.25) is 0 Å². The second-order valence-electron chi connectivity index (χ2n) is 5.20. The summed E-state index contributed by atoms with van der Waals surface area (Å²) in [7, 11) is 0. The van der Waals surface area contributed by atoms with Crippen molar-refractivity contribution in [3.63, 3.8) is 0 Å². The molecule has 2 aliphatic heterocycles. The van der Waals surface area contributed by atoms with Crippen LogP contribution in [0.25, 0.3) is 0 Å². The molecule has 3 rings (SSSR count). The molecular weight excluding hydrogens is 242 g/mol. The van der Waals surface area contributed by atoms with Crippen molar-refractivity contribution in [2.45, 2.75) is 19.3 Å². The number of carbonyl (C=O) groups is 1. The number of benzene rings is 1. The van der Waals surface area contributed by atoms with E-state index in [1.54, 1.807) is 0 Å². The second-order valence-corrected chi connectivity index (χ2v) is 5.20. The van der Waals surface area contributed by atoms with E-state index in [-0.39, 0.29) is 5.97 Å². The van der Waals surface area contributed by atoms with Crippen LogP contribution < -0.4 is 5.32 Å². The van der Waals surface area contributed by atoms with Gasteiger partial charge in [-0.2, -0.15) is 0 Å². The fourth-order valence-electron chi connectivity index (χ4n) is 2.61. The summed E-state index contributed by atoms with van der Waals surface area (Å²) < 4.78 is 10.7. The predicted molar refractivity (Wildman–Crippen MR) is 72.5 cm³/mol. The van der Waals surface area contributed by atoms with Crippen LogP contribution in [-0.4, -0.2) is 32.3 Å².